The average molecular weight is 283 g/mol. The quantitative estimate of drug-likeness (QED) is 0.868. The van der Waals surface area contributed by atoms with Crippen LogP contribution in [-0.2, 0) is 12.8 Å². The molecular formula is C18H25N3. The van der Waals surface area contributed by atoms with E-state index in [4.69, 9.17) is 0 Å². The third kappa shape index (κ3) is 4.28. The summed E-state index contributed by atoms with van der Waals surface area (Å²) in [7, 11) is 0. The van der Waals surface area contributed by atoms with Crippen LogP contribution in [0.3, 0.4) is 0 Å². The molecule has 1 N–H and O–H groups in total. The molecule has 0 bridgehead atoms. The lowest BCUT2D eigenvalue weighted by molar-refractivity contribution is 0.891. The number of benzene rings is 1. The molecule has 3 heteroatoms. The van der Waals surface area contributed by atoms with Gasteiger partial charge in [-0.3, -0.25) is 0 Å². The SMILES string of the molecule is CCCNc1cc(CC)nc(Cc2ccc(C)c(C)c2)n1. The van der Waals surface area contributed by atoms with Gasteiger partial charge in [0.05, 0.1) is 0 Å². The second-order valence-corrected chi connectivity index (χ2v) is 5.54. The number of anilines is 1. The molecule has 0 aliphatic heterocycles. The molecule has 0 radical (unpaired) electrons. The van der Waals surface area contributed by atoms with E-state index in [0.717, 1.165) is 43.1 Å². The van der Waals surface area contributed by atoms with Crippen LogP contribution in [-0.4, -0.2) is 16.5 Å². The predicted octanol–water partition coefficient (Wildman–Crippen LogP) is 4.07. The van der Waals surface area contributed by atoms with Gasteiger partial charge in [-0.2, -0.15) is 0 Å². The second kappa shape index (κ2) is 7.21. The topological polar surface area (TPSA) is 37.8 Å². The highest BCUT2D eigenvalue weighted by atomic mass is 15.0. The highest BCUT2D eigenvalue weighted by Crippen LogP contribution is 2.15. The standard InChI is InChI=1S/C18H25N3/c1-5-9-19-17-12-16(6-2)20-18(21-17)11-15-8-7-13(3)14(4)10-15/h7-8,10,12H,5-6,9,11H2,1-4H3,(H,19,20,21). The molecule has 21 heavy (non-hydrogen) atoms. The van der Waals surface area contributed by atoms with Gasteiger partial charge in [-0.05, 0) is 43.4 Å². The predicted molar refractivity (Wildman–Crippen MR) is 88.9 cm³/mol. The first-order chi connectivity index (χ1) is 10.1. The van der Waals surface area contributed by atoms with Gasteiger partial charge in [0.1, 0.15) is 11.6 Å². The van der Waals surface area contributed by atoms with E-state index in [0.29, 0.717) is 0 Å². The van der Waals surface area contributed by atoms with Crippen molar-refractivity contribution in [3.63, 3.8) is 0 Å². The van der Waals surface area contributed by atoms with Crippen molar-refractivity contribution in [1.82, 2.24) is 9.97 Å². The molecule has 2 aromatic rings. The number of hydrogen-bond donors (Lipinski definition) is 1. The summed E-state index contributed by atoms with van der Waals surface area (Å²) in [6.45, 7) is 9.52. The van der Waals surface area contributed by atoms with Crippen molar-refractivity contribution >= 4 is 5.82 Å². The van der Waals surface area contributed by atoms with E-state index in [2.05, 4.69) is 67.2 Å². The minimum absolute atomic E-state index is 0.787. The highest BCUT2D eigenvalue weighted by molar-refractivity contribution is 5.37. The van der Waals surface area contributed by atoms with Crippen LogP contribution in [0.2, 0.25) is 0 Å². The van der Waals surface area contributed by atoms with Gasteiger partial charge in [-0.15, -0.1) is 0 Å². The largest absolute Gasteiger partial charge is 0.370 e. The molecule has 0 unspecified atom stereocenters. The molecule has 1 heterocycles. The number of hydrogen-bond acceptors (Lipinski definition) is 3. The minimum Gasteiger partial charge on any atom is -0.370 e. The number of nitrogens with zero attached hydrogens (tertiary/aromatic N) is 2. The summed E-state index contributed by atoms with van der Waals surface area (Å²) in [6.07, 6.45) is 2.82. The van der Waals surface area contributed by atoms with E-state index in [1.54, 1.807) is 0 Å². The van der Waals surface area contributed by atoms with Crippen molar-refractivity contribution in [2.45, 2.75) is 47.0 Å². The first kappa shape index (κ1) is 15.5. The number of aromatic nitrogens is 2. The Kier molecular flexibility index (Phi) is 5.32. The van der Waals surface area contributed by atoms with Crippen LogP contribution in [0.5, 0.6) is 0 Å². The van der Waals surface area contributed by atoms with Crippen molar-refractivity contribution < 1.29 is 0 Å². The summed E-state index contributed by atoms with van der Waals surface area (Å²) in [5.41, 5.74) is 5.02. The fourth-order valence-corrected chi connectivity index (χ4v) is 2.25. The summed E-state index contributed by atoms with van der Waals surface area (Å²) in [5, 5.41) is 3.36. The summed E-state index contributed by atoms with van der Waals surface area (Å²) in [4.78, 5) is 9.30. The Morgan fingerprint density at radius 2 is 1.81 bits per heavy atom. The van der Waals surface area contributed by atoms with Gasteiger partial charge in [0.15, 0.2) is 0 Å². The number of aryl methyl sites for hydroxylation is 3. The monoisotopic (exact) mass is 283 g/mol. The Morgan fingerprint density at radius 1 is 1.00 bits per heavy atom. The van der Waals surface area contributed by atoms with Crippen molar-refractivity contribution in [3.05, 3.63) is 52.5 Å². The maximum absolute atomic E-state index is 4.66. The van der Waals surface area contributed by atoms with Crippen LogP contribution in [0.15, 0.2) is 24.3 Å². The molecule has 0 aliphatic rings. The fourth-order valence-electron chi connectivity index (χ4n) is 2.25. The Bertz CT molecular complexity index is 605. The molecule has 3 nitrogen and oxygen atoms in total. The Morgan fingerprint density at radius 3 is 2.48 bits per heavy atom. The Balaban J connectivity index is 2.23. The van der Waals surface area contributed by atoms with Gasteiger partial charge in [0.25, 0.3) is 0 Å². The van der Waals surface area contributed by atoms with Crippen LogP contribution in [0.25, 0.3) is 0 Å². The number of rotatable bonds is 6. The van der Waals surface area contributed by atoms with Crippen LogP contribution < -0.4 is 5.32 Å². The average Bonchev–Trinajstić information content (AvgIpc) is 2.48. The van der Waals surface area contributed by atoms with Crippen LogP contribution in [0, 0.1) is 13.8 Å². The first-order valence-corrected chi connectivity index (χ1v) is 7.79. The summed E-state index contributed by atoms with van der Waals surface area (Å²) in [5.74, 6) is 1.85. The summed E-state index contributed by atoms with van der Waals surface area (Å²) >= 11 is 0. The van der Waals surface area contributed by atoms with Crippen molar-refractivity contribution in [1.29, 1.82) is 0 Å². The van der Waals surface area contributed by atoms with Gasteiger partial charge in [0, 0.05) is 24.7 Å². The molecule has 0 saturated carbocycles. The van der Waals surface area contributed by atoms with Gasteiger partial charge in [-0.1, -0.05) is 32.0 Å². The lowest BCUT2D eigenvalue weighted by atomic mass is 10.0. The van der Waals surface area contributed by atoms with Crippen molar-refractivity contribution in [2.24, 2.45) is 0 Å². The lowest BCUT2D eigenvalue weighted by Gasteiger charge is -2.09. The smallest absolute Gasteiger partial charge is 0.135 e. The molecule has 0 amide bonds. The molecule has 0 spiro atoms. The summed E-state index contributed by atoms with van der Waals surface area (Å²) in [6, 6.07) is 8.63. The number of nitrogens with one attached hydrogen (secondary N) is 1. The summed E-state index contributed by atoms with van der Waals surface area (Å²) < 4.78 is 0. The van der Waals surface area contributed by atoms with E-state index in [1.807, 2.05) is 0 Å². The van der Waals surface area contributed by atoms with Gasteiger partial charge in [0.2, 0.25) is 0 Å². The van der Waals surface area contributed by atoms with Crippen molar-refractivity contribution in [2.75, 3.05) is 11.9 Å². The van der Waals surface area contributed by atoms with E-state index in [1.165, 1.54) is 16.7 Å². The van der Waals surface area contributed by atoms with Gasteiger partial charge >= 0.3 is 0 Å². The van der Waals surface area contributed by atoms with E-state index in [-0.39, 0.29) is 0 Å². The second-order valence-electron chi connectivity index (χ2n) is 5.54. The zero-order valence-electron chi connectivity index (χ0n) is 13.5. The normalized spacial score (nSPS) is 10.7. The molecule has 0 saturated heterocycles. The van der Waals surface area contributed by atoms with E-state index < -0.39 is 0 Å². The fraction of sp³-hybridized carbons (Fsp3) is 0.444. The molecule has 0 atom stereocenters. The third-order valence-electron chi connectivity index (χ3n) is 3.68. The highest BCUT2D eigenvalue weighted by Gasteiger charge is 2.06. The molecular weight excluding hydrogens is 258 g/mol. The minimum atomic E-state index is 0.787. The maximum Gasteiger partial charge on any atom is 0.135 e. The zero-order valence-corrected chi connectivity index (χ0v) is 13.5. The van der Waals surface area contributed by atoms with Gasteiger partial charge < -0.3 is 5.32 Å². The van der Waals surface area contributed by atoms with Crippen LogP contribution in [0.4, 0.5) is 5.82 Å². The Hall–Kier alpha value is -1.90. The first-order valence-electron chi connectivity index (χ1n) is 7.79. The van der Waals surface area contributed by atoms with E-state index in [9.17, 15) is 0 Å². The Labute approximate surface area is 127 Å². The van der Waals surface area contributed by atoms with Crippen molar-refractivity contribution in [3.8, 4) is 0 Å². The molecule has 2 rings (SSSR count). The molecule has 1 aromatic carbocycles. The zero-order chi connectivity index (χ0) is 15.2. The molecule has 112 valence electrons. The lowest BCUT2D eigenvalue weighted by Crippen LogP contribution is -2.07. The molecule has 1 aromatic heterocycles. The maximum atomic E-state index is 4.66. The molecule has 0 aliphatic carbocycles. The van der Waals surface area contributed by atoms with Crippen LogP contribution >= 0.6 is 0 Å². The van der Waals surface area contributed by atoms with Crippen LogP contribution in [0.1, 0.15) is 48.5 Å². The van der Waals surface area contributed by atoms with Gasteiger partial charge in [-0.25, -0.2) is 9.97 Å². The van der Waals surface area contributed by atoms with E-state index >= 15 is 0 Å². The third-order valence-corrected chi connectivity index (χ3v) is 3.68. The molecule has 0 fully saturated rings.